The number of phenolic OH excluding ortho intramolecular Hbond substituents is 1. The fourth-order valence-corrected chi connectivity index (χ4v) is 7.00. The normalized spacial score (nSPS) is 33.3. The van der Waals surface area contributed by atoms with E-state index in [2.05, 4.69) is 17.9 Å². The van der Waals surface area contributed by atoms with E-state index in [1.807, 2.05) is 31.2 Å². The number of ether oxygens (including phenoxy) is 1. The Morgan fingerprint density at radius 3 is 2.75 bits per heavy atom. The van der Waals surface area contributed by atoms with Crippen molar-refractivity contribution in [1.29, 1.82) is 0 Å². The Kier molecular flexibility index (Phi) is 3.62. The van der Waals surface area contributed by atoms with Crippen LogP contribution in [-0.4, -0.2) is 39.8 Å². The molecule has 0 unspecified atom stereocenters. The van der Waals surface area contributed by atoms with Gasteiger partial charge < -0.3 is 19.4 Å². The standard InChI is InChI=1S/C27H29NO4/c1-15-18-5-3-4-6-20(18)31-23(15)25-27-11-12-28(14-16-7-8-16)21(26(27,2)30)13-17-9-10-19(29)24(32-25)22(17)27/h3-6,9-10,16,21,25,29-30H,7-8,11-14H2,1-2H3/t21-,25+,26-,27+/m1/s1. The van der Waals surface area contributed by atoms with E-state index in [0.717, 1.165) is 59.7 Å². The number of furan rings is 1. The van der Waals surface area contributed by atoms with Crippen molar-refractivity contribution in [3.63, 3.8) is 0 Å². The topological polar surface area (TPSA) is 66.1 Å². The highest BCUT2D eigenvalue weighted by Crippen LogP contribution is 2.66. The summed E-state index contributed by atoms with van der Waals surface area (Å²) in [5, 5.41) is 24.2. The van der Waals surface area contributed by atoms with E-state index >= 15 is 0 Å². The molecule has 4 aliphatic rings. The number of aliphatic hydroxyl groups is 1. The first kappa shape index (κ1) is 19.0. The highest BCUT2D eigenvalue weighted by molar-refractivity contribution is 5.82. The number of aryl methyl sites for hydroxylation is 1. The molecule has 1 saturated heterocycles. The van der Waals surface area contributed by atoms with Crippen LogP contribution >= 0.6 is 0 Å². The summed E-state index contributed by atoms with van der Waals surface area (Å²) in [6.45, 7) is 6.05. The number of rotatable bonds is 3. The molecule has 3 aromatic rings. The quantitative estimate of drug-likeness (QED) is 0.634. The van der Waals surface area contributed by atoms with Crippen molar-refractivity contribution in [3.05, 3.63) is 58.8 Å². The molecule has 1 aromatic heterocycles. The minimum absolute atomic E-state index is 0.0237. The fraction of sp³-hybridized carbons (Fsp3) is 0.481. The van der Waals surface area contributed by atoms with Gasteiger partial charge in [-0.25, -0.2) is 0 Å². The summed E-state index contributed by atoms with van der Waals surface area (Å²) in [4.78, 5) is 2.51. The Morgan fingerprint density at radius 2 is 1.97 bits per heavy atom. The van der Waals surface area contributed by atoms with Crippen LogP contribution in [0.3, 0.4) is 0 Å². The zero-order valence-corrected chi connectivity index (χ0v) is 18.6. The van der Waals surface area contributed by atoms with Crippen LogP contribution in [0, 0.1) is 12.8 Å². The first-order valence-corrected chi connectivity index (χ1v) is 11.9. The Balaban J connectivity index is 1.45. The van der Waals surface area contributed by atoms with E-state index in [1.54, 1.807) is 6.07 Å². The van der Waals surface area contributed by atoms with Crippen LogP contribution < -0.4 is 4.74 Å². The number of piperidine rings is 1. The molecule has 5 heteroatoms. The molecular formula is C27H29NO4. The summed E-state index contributed by atoms with van der Waals surface area (Å²) in [5.41, 5.74) is 2.40. The summed E-state index contributed by atoms with van der Waals surface area (Å²) < 4.78 is 13.0. The number of fused-ring (bicyclic) bond motifs is 2. The number of likely N-dealkylation sites (tertiary alicyclic amines) is 1. The number of hydrogen-bond acceptors (Lipinski definition) is 5. The third-order valence-corrected chi connectivity index (χ3v) is 8.86. The molecular weight excluding hydrogens is 402 g/mol. The van der Waals surface area contributed by atoms with Gasteiger partial charge in [0, 0.05) is 29.1 Å². The van der Waals surface area contributed by atoms with Crippen molar-refractivity contribution in [1.82, 2.24) is 4.90 Å². The van der Waals surface area contributed by atoms with Gasteiger partial charge in [0.15, 0.2) is 17.6 Å². The molecule has 5 nitrogen and oxygen atoms in total. The minimum atomic E-state index is -1.01. The predicted molar refractivity (Wildman–Crippen MR) is 121 cm³/mol. The van der Waals surface area contributed by atoms with Gasteiger partial charge in [-0.1, -0.05) is 24.3 Å². The lowest BCUT2D eigenvalue weighted by Gasteiger charge is -2.59. The van der Waals surface area contributed by atoms with Gasteiger partial charge in [-0.2, -0.15) is 0 Å². The van der Waals surface area contributed by atoms with Gasteiger partial charge in [0.25, 0.3) is 0 Å². The van der Waals surface area contributed by atoms with Crippen molar-refractivity contribution in [2.24, 2.45) is 5.92 Å². The fourth-order valence-electron chi connectivity index (χ4n) is 7.00. The highest BCUT2D eigenvalue weighted by Gasteiger charge is 2.69. The number of phenols is 1. The molecule has 32 heavy (non-hydrogen) atoms. The zero-order chi connectivity index (χ0) is 21.8. The molecule has 166 valence electrons. The predicted octanol–water partition coefficient (Wildman–Crippen LogP) is 4.61. The van der Waals surface area contributed by atoms with Crippen LogP contribution in [-0.2, 0) is 11.8 Å². The largest absolute Gasteiger partial charge is 0.504 e. The van der Waals surface area contributed by atoms with Gasteiger partial charge >= 0.3 is 0 Å². The number of nitrogens with zero attached hydrogens (tertiary/aromatic N) is 1. The first-order chi connectivity index (χ1) is 15.4. The lowest BCUT2D eigenvalue weighted by atomic mass is 9.53. The first-order valence-electron chi connectivity index (χ1n) is 11.9. The second kappa shape index (κ2) is 6.09. The van der Waals surface area contributed by atoms with E-state index in [1.165, 1.54) is 18.4 Å². The average Bonchev–Trinajstić information content (AvgIpc) is 3.43. The summed E-state index contributed by atoms with van der Waals surface area (Å²) in [6, 6.07) is 11.8. The van der Waals surface area contributed by atoms with E-state index in [-0.39, 0.29) is 11.8 Å². The molecule has 4 atom stereocenters. The molecule has 3 heterocycles. The van der Waals surface area contributed by atoms with Gasteiger partial charge in [-0.3, -0.25) is 4.90 Å². The van der Waals surface area contributed by atoms with Gasteiger partial charge in [0.1, 0.15) is 11.3 Å². The maximum atomic E-state index is 12.3. The zero-order valence-electron chi connectivity index (χ0n) is 18.6. The molecule has 2 aromatic carbocycles. The van der Waals surface area contributed by atoms with Gasteiger partial charge in [0.05, 0.1) is 11.0 Å². The molecule has 0 radical (unpaired) electrons. The number of para-hydroxylation sites is 1. The minimum Gasteiger partial charge on any atom is -0.504 e. The van der Waals surface area contributed by atoms with Gasteiger partial charge in [-0.15, -0.1) is 0 Å². The second-order valence-electron chi connectivity index (χ2n) is 10.6. The van der Waals surface area contributed by atoms with E-state index in [0.29, 0.717) is 5.75 Å². The van der Waals surface area contributed by atoms with Crippen LogP contribution in [0.15, 0.2) is 40.8 Å². The number of hydrogen-bond donors (Lipinski definition) is 2. The number of benzene rings is 2. The molecule has 1 spiro atoms. The van der Waals surface area contributed by atoms with E-state index < -0.39 is 17.1 Å². The van der Waals surface area contributed by atoms with Crippen LogP contribution in [0.25, 0.3) is 11.0 Å². The molecule has 2 aliphatic heterocycles. The summed E-state index contributed by atoms with van der Waals surface area (Å²) in [7, 11) is 0. The maximum absolute atomic E-state index is 12.3. The lowest BCUT2D eigenvalue weighted by molar-refractivity contribution is -0.158. The molecule has 7 rings (SSSR count). The third-order valence-electron chi connectivity index (χ3n) is 8.86. The van der Waals surface area contributed by atoms with Crippen LogP contribution in [0.1, 0.15) is 54.7 Å². The molecule has 2 fully saturated rings. The molecule has 2 bridgehead atoms. The molecule has 1 saturated carbocycles. The van der Waals surface area contributed by atoms with Crippen molar-refractivity contribution in [3.8, 4) is 11.5 Å². The number of aromatic hydroxyl groups is 1. The van der Waals surface area contributed by atoms with Crippen molar-refractivity contribution >= 4 is 11.0 Å². The monoisotopic (exact) mass is 431 g/mol. The molecule has 2 aliphatic carbocycles. The van der Waals surface area contributed by atoms with Crippen LogP contribution in [0.5, 0.6) is 11.5 Å². The SMILES string of the molecule is Cc1c([C@@H]2Oc3c(O)ccc4c3[C@@]23CCN(CC2CC2)[C@H](C4)[C@@]3(C)O)oc2ccccc12. The Morgan fingerprint density at radius 1 is 1.16 bits per heavy atom. The molecule has 0 amide bonds. The Labute approximate surface area is 187 Å². The van der Waals surface area contributed by atoms with Gasteiger partial charge in [0.2, 0.25) is 0 Å². The molecule has 2 N–H and O–H groups in total. The van der Waals surface area contributed by atoms with E-state index in [4.69, 9.17) is 9.15 Å². The Bertz CT molecular complexity index is 1260. The maximum Gasteiger partial charge on any atom is 0.169 e. The van der Waals surface area contributed by atoms with E-state index in [9.17, 15) is 10.2 Å². The lowest BCUT2D eigenvalue weighted by Crippen LogP contribution is -2.71. The Hall–Kier alpha value is -2.50. The highest BCUT2D eigenvalue weighted by atomic mass is 16.5. The van der Waals surface area contributed by atoms with Gasteiger partial charge in [-0.05, 0) is 69.7 Å². The van der Waals surface area contributed by atoms with Crippen molar-refractivity contribution in [2.45, 2.75) is 62.7 Å². The summed E-state index contributed by atoms with van der Waals surface area (Å²) >= 11 is 0. The average molecular weight is 432 g/mol. The summed E-state index contributed by atoms with van der Waals surface area (Å²) in [6.07, 6.45) is 3.68. The van der Waals surface area contributed by atoms with Crippen LogP contribution in [0.2, 0.25) is 0 Å². The second-order valence-corrected chi connectivity index (χ2v) is 10.6. The smallest absolute Gasteiger partial charge is 0.169 e. The van der Waals surface area contributed by atoms with Crippen molar-refractivity contribution in [2.75, 3.05) is 13.1 Å². The summed E-state index contributed by atoms with van der Waals surface area (Å²) in [5.74, 6) is 2.21. The van der Waals surface area contributed by atoms with Crippen LogP contribution in [0.4, 0.5) is 0 Å². The van der Waals surface area contributed by atoms with Crippen molar-refractivity contribution < 1.29 is 19.4 Å². The third kappa shape index (κ3) is 2.21.